The van der Waals surface area contributed by atoms with Crippen molar-refractivity contribution in [2.45, 2.75) is 6.10 Å². The highest BCUT2D eigenvalue weighted by molar-refractivity contribution is 6.43. The van der Waals surface area contributed by atoms with E-state index in [-0.39, 0.29) is 31.5 Å². The van der Waals surface area contributed by atoms with Crippen LogP contribution in [0.3, 0.4) is 0 Å². The molecule has 0 spiro atoms. The van der Waals surface area contributed by atoms with Gasteiger partial charge in [-0.25, -0.2) is 19.6 Å². The van der Waals surface area contributed by atoms with Crippen LogP contribution in [0.4, 0.5) is 5.82 Å². The number of carbonyl (C=O) groups excluding carboxylic acids is 1. The number of carbonyl (C=O) groups is 1. The Morgan fingerprint density at radius 3 is 2.80 bits per heavy atom. The second-order valence-corrected chi connectivity index (χ2v) is 7.77. The van der Waals surface area contributed by atoms with Crippen LogP contribution in [0.15, 0.2) is 49.1 Å². The number of nitrogens with zero attached hydrogens (tertiary/aromatic N) is 6. The van der Waals surface area contributed by atoms with Gasteiger partial charge in [0.25, 0.3) is 5.91 Å². The smallest absolute Gasteiger partial charge is 0.269 e. The molecule has 0 aliphatic heterocycles. The summed E-state index contributed by atoms with van der Waals surface area (Å²) < 4.78 is 12.7. The Hall–Kier alpha value is -3.82. The molecule has 1 aromatic carbocycles. The molecule has 4 aromatic rings. The number of pyridine rings is 1. The standard InChI is InChI=1S/C22H17Cl2N7O4/c23-15-2-1-3-16(19(15)24)31-20-14(10-29-31)22(28-12-27-20)35-17(11-34-7-6-32)21(33)30-18-5-4-13(8-25)9-26-18/h1-5,9-10,12,17,32H,6-7,11H2,(H,26,30,33). The molecule has 4 rings (SSSR count). The van der Waals surface area contributed by atoms with Gasteiger partial charge in [0.1, 0.15) is 23.6 Å². The fourth-order valence-corrected chi connectivity index (χ4v) is 3.42. The first-order chi connectivity index (χ1) is 17.0. The van der Waals surface area contributed by atoms with Gasteiger partial charge in [0, 0.05) is 6.20 Å². The van der Waals surface area contributed by atoms with E-state index in [2.05, 4.69) is 25.4 Å². The normalized spacial score (nSPS) is 11.7. The Morgan fingerprint density at radius 1 is 1.20 bits per heavy atom. The number of nitrogens with one attached hydrogen (secondary N) is 1. The monoisotopic (exact) mass is 513 g/mol. The number of amides is 1. The molecule has 13 heteroatoms. The predicted molar refractivity (Wildman–Crippen MR) is 127 cm³/mol. The molecule has 0 aliphatic carbocycles. The second kappa shape index (κ2) is 11.1. The third-order valence-corrected chi connectivity index (χ3v) is 5.49. The van der Waals surface area contributed by atoms with Crippen molar-refractivity contribution in [3.05, 3.63) is 64.7 Å². The van der Waals surface area contributed by atoms with Crippen LogP contribution < -0.4 is 10.1 Å². The average molecular weight is 514 g/mol. The summed E-state index contributed by atoms with van der Waals surface area (Å²) in [6, 6.07) is 10.1. The van der Waals surface area contributed by atoms with Crippen molar-refractivity contribution in [2.75, 3.05) is 25.1 Å². The highest BCUT2D eigenvalue weighted by atomic mass is 35.5. The maximum Gasteiger partial charge on any atom is 0.269 e. The lowest BCUT2D eigenvalue weighted by atomic mass is 10.3. The summed E-state index contributed by atoms with van der Waals surface area (Å²) in [6.45, 7) is -0.397. The second-order valence-electron chi connectivity index (χ2n) is 6.98. The van der Waals surface area contributed by atoms with E-state index >= 15 is 0 Å². The zero-order valence-electron chi connectivity index (χ0n) is 17.9. The van der Waals surface area contributed by atoms with Crippen molar-refractivity contribution in [1.29, 1.82) is 5.26 Å². The molecule has 11 nitrogen and oxygen atoms in total. The minimum atomic E-state index is -1.16. The Kier molecular flexibility index (Phi) is 7.69. The number of hydrogen-bond donors (Lipinski definition) is 2. The molecule has 0 aliphatic rings. The number of rotatable bonds is 9. The Morgan fingerprint density at radius 2 is 2.06 bits per heavy atom. The Labute approximate surface area is 208 Å². The average Bonchev–Trinajstić information content (AvgIpc) is 3.30. The van der Waals surface area contributed by atoms with E-state index in [1.807, 2.05) is 6.07 Å². The van der Waals surface area contributed by atoms with Crippen LogP contribution in [0.2, 0.25) is 10.0 Å². The van der Waals surface area contributed by atoms with Gasteiger partial charge in [0.05, 0.1) is 47.3 Å². The van der Waals surface area contributed by atoms with Crippen molar-refractivity contribution >= 4 is 46.0 Å². The zero-order chi connectivity index (χ0) is 24.8. The van der Waals surface area contributed by atoms with Gasteiger partial charge in [0.15, 0.2) is 5.65 Å². The first kappa shape index (κ1) is 24.3. The van der Waals surface area contributed by atoms with E-state index in [4.69, 9.17) is 43.0 Å². The van der Waals surface area contributed by atoms with E-state index in [1.54, 1.807) is 18.2 Å². The molecule has 0 radical (unpaired) electrons. The van der Waals surface area contributed by atoms with Crippen molar-refractivity contribution in [3.63, 3.8) is 0 Å². The number of fused-ring (bicyclic) bond motifs is 1. The molecule has 1 atom stereocenters. The summed E-state index contributed by atoms with van der Waals surface area (Å²) in [5.41, 5.74) is 1.23. The zero-order valence-corrected chi connectivity index (χ0v) is 19.4. The molecule has 35 heavy (non-hydrogen) atoms. The lowest BCUT2D eigenvalue weighted by Gasteiger charge is -2.18. The lowest BCUT2D eigenvalue weighted by Crippen LogP contribution is -2.37. The van der Waals surface area contributed by atoms with Gasteiger partial charge in [-0.1, -0.05) is 29.3 Å². The SMILES string of the molecule is N#Cc1ccc(NC(=O)C(COCCO)Oc2ncnc3c2cnn3-c2cccc(Cl)c2Cl)nc1. The minimum Gasteiger partial charge on any atom is -0.461 e. The lowest BCUT2D eigenvalue weighted by molar-refractivity contribution is -0.125. The van der Waals surface area contributed by atoms with Gasteiger partial charge in [-0.3, -0.25) is 4.79 Å². The summed E-state index contributed by atoms with van der Waals surface area (Å²) in [5, 5.41) is 25.9. The molecular weight excluding hydrogens is 497 g/mol. The van der Waals surface area contributed by atoms with Gasteiger partial charge < -0.3 is 19.9 Å². The van der Waals surface area contributed by atoms with Crippen LogP contribution in [-0.2, 0) is 9.53 Å². The molecule has 0 fully saturated rings. The van der Waals surface area contributed by atoms with Crippen molar-refractivity contribution in [2.24, 2.45) is 0 Å². The molecule has 0 bridgehead atoms. The van der Waals surface area contributed by atoms with Gasteiger partial charge >= 0.3 is 0 Å². The number of aliphatic hydroxyl groups excluding tert-OH is 1. The van der Waals surface area contributed by atoms with Crippen LogP contribution in [0.5, 0.6) is 5.88 Å². The van der Waals surface area contributed by atoms with Gasteiger partial charge in [0.2, 0.25) is 12.0 Å². The summed E-state index contributed by atoms with van der Waals surface area (Å²) >= 11 is 12.5. The quantitative estimate of drug-likeness (QED) is 0.322. The first-order valence-electron chi connectivity index (χ1n) is 10.2. The summed E-state index contributed by atoms with van der Waals surface area (Å²) in [4.78, 5) is 25.4. The number of nitriles is 1. The number of anilines is 1. The maximum atomic E-state index is 12.9. The third kappa shape index (κ3) is 5.47. The number of halogens is 2. The first-order valence-corrected chi connectivity index (χ1v) is 10.9. The summed E-state index contributed by atoms with van der Waals surface area (Å²) in [6.07, 6.45) is 2.92. The molecular formula is C22H17Cl2N7O4. The number of aliphatic hydroxyl groups is 1. The molecule has 1 amide bonds. The Bertz CT molecular complexity index is 1390. The van der Waals surface area contributed by atoms with E-state index in [0.717, 1.165) is 0 Å². The largest absolute Gasteiger partial charge is 0.461 e. The Balaban J connectivity index is 1.62. The van der Waals surface area contributed by atoms with Gasteiger partial charge in [-0.2, -0.15) is 10.4 Å². The molecule has 0 saturated heterocycles. The molecule has 1 unspecified atom stereocenters. The number of hydrogen-bond acceptors (Lipinski definition) is 9. The van der Waals surface area contributed by atoms with Crippen LogP contribution in [0.25, 0.3) is 16.7 Å². The van der Waals surface area contributed by atoms with Gasteiger partial charge in [-0.15, -0.1) is 0 Å². The van der Waals surface area contributed by atoms with E-state index in [9.17, 15) is 4.79 Å². The third-order valence-electron chi connectivity index (χ3n) is 4.68. The summed E-state index contributed by atoms with van der Waals surface area (Å²) in [7, 11) is 0. The molecule has 3 heterocycles. The van der Waals surface area contributed by atoms with E-state index in [1.165, 1.54) is 35.5 Å². The molecule has 3 aromatic heterocycles. The van der Waals surface area contributed by atoms with Gasteiger partial charge in [-0.05, 0) is 24.3 Å². The number of benzene rings is 1. The van der Waals surface area contributed by atoms with Crippen molar-refractivity contribution < 1.29 is 19.4 Å². The predicted octanol–water partition coefficient (Wildman–Crippen LogP) is 2.78. The molecule has 178 valence electrons. The fourth-order valence-electron chi connectivity index (χ4n) is 3.04. The van der Waals surface area contributed by atoms with Crippen LogP contribution in [-0.4, -0.2) is 61.7 Å². The van der Waals surface area contributed by atoms with Crippen molar-refractivity contribution in [3.8, 4) is 17.6 Å². The highest BCUT2D eigenvalue weighted by Crippen LogP contribution is 2.31. The fraction of sp³-hybridized carbons (Fsp3) is 0.182. The highest BCUT2D eigenvalue weighted by Gasteiger charge is 2.24. The van der Waals surface area contributed by atoms with Crippen molar-refractivity contribution in [1.82, 2.24) is 24.7 Å². The van der Waals surface area contributed by atoms with Crippen LogP contribution >= 0.6 is 23.2 Å². The topological polar surface area (TPSA) is 148 Å². The molecule has 0 saturated carbocycles. The van der Waals surface area contributed by atoms with Crippen LogP contribution in [0.1, 0.15) is 5.56 Å². The minimum absolute atomic E-state index is 0.00659. The van der Waals surface area contributed by atoms with E-state index in [0.29, 0.717) is 32.3 Å². The number of ether oxygens (including phenoxy) is 2. The van der Waals surface area contributed by atoms with E-state index < -0.39 is 12.0 Å². The summed E-state index contributed by atoms with van der Waals surface area (Å²) in [5.74, 6) is -0.266. The molecule has 2 N–H and O–H groups in total. The van der Waals surface area contributed by atoms with Crippen LogP contribution in [0, 0.1) is 11.3 Å². The maximum absolute atomic E-state index is 12.9. The number of aromatic nitrogens is 5.